The standard InChI is InChI=1S/C13H11F5O4/c1-5(2)13(20)22-4-6(19)3-21-12-10(17)8(15)7(14)9(16)11(12)18/h6,19H,1,3-4H2,2H3. The fraction of sp³-hybridized carbons (Fsp3) is 0.308. The van der Waals surface area contributed by atoms with Crippen LogP contribution in [0.3, 0.4) is 0 Å². The van der Waals surface area contributed by atoms with Crippen LogP contribution in [0, 0.1) is 29.1 Å². The monoisotopic (exact) mass is 326 g/mol. The largest absolute Gasteiger partial charge is 0.485 e. The maximum absolute atomic E-state index is 13.2. The number of aliphatic hydroxyl groups excluding tert-OH is 1. The third-order valence-electron chi connectivity index (χ3n) is 2.34. The van der Waals surface area contributed by atoms with Crippen LogP contribution in [0.25, 0.3) is 0 Å². The fourth-order valence-electron chi connectivity index (χ4n) is 1.23. The summed E-state index contributed by atoms with van der Waals surface area (Å²) in [5, 5.41) is 9.38. The molecule has 22 heavy (non-hydrogen) atoms. The molecule has 1 unspecified atom stereocenters. The Morgan fingerprint density at radius 3 is 1.95 bits per heavy atom. The van der Waals surface area contributed by atoms with Gasteiger partial charge in [0.15, 0.2) is 5.75 Å². The summed E-state index contributed by atoms with van der Waals surface area (Å²) in [6, 6.07) is 0. The van der Waals surface area contributed by atoms with Crippen molar-refractivity contribution in [3.8, 4) is 5.75 Å². The van der Waals surface area contributed by atoms with Crippen molar-refractivity contribution in [2.75, 3.05) is 13.2 Å². The van der Waals surface area contributed by atoms with Gasteiger partial charge in [-0.05, 0) is 6.92 Å². The van der Waals surface area contributed by atoms with E-state index < -0.39 is 60.1 Å². The van der Waals surface area contributed by atoms with Crippen LogP contribution in [0.1, 0.15) is 6.92 Å². The number of esters is 1. The minimum Gasteiger partial charge on any atom is -0.485 e. The third-order valence-corrected chi connectivity index (χ3v) is 2.34. The first-order valence-corrected chi connectivity index (χ1v) is 5.81. The molecule has 0 fully saturated rings. The normalized spacial score (nSPS) is 12.0. The molecule has 1 N–H and O–H groups in total. The minimum absolute atomic E-state index is 0.0490. The lowest BCUT2D eigenvalue weighted by molar-refractivity contribution is -0.142. The molecule has 0 amide bonds. The maximum Gasteiger partial charge on any atom is 0.333 e. The van der Waals surface area contributed by atoms with Crippen molar-refractivity contribution >= 4 is 5.97 Å². The molecule has 1 aromatic carbocycles. The molecule has 0 bridgehead atoms. The predicted molar refractivity (Wildman–Crippen MR) is 63.5 cm³/mol. The van der Waals surface area contributed by atoms with E-state index >= 15 is 0 Å². The smallest absolute Gasteiger partial charge is 0.333 e. The average Bonchev–Trinajstić information content (AvgIpc) is 2.48. The maximum atomic E-state index is 13.2. The number of carbonyl (C=O) groups is 1. The summed E-state index contributed by atoms with van der Waals surface area (Å²) in [5.74, 6) is -13.3. The van der Waals surface area contributed by atoms with Gasteiger partial charge in [0.25, 0.3) is 0 Å². The predicted octanol–water partition coefficient (Wildman–Crippen LogP) is 2.24. The molecule has 0 saturated carbocycles. The topological polar surface area (TPSA) is 55.8 Å². The van der Waals surface area contributed by atoms with E-state index in [0.717, 1.165) is 0 Å². The molecule has 0 aliphatic carbocycles. The summed E-state index contributed by atoms with van der Waals surface area (Å²) in [7, 11) is 0. The van der Waals surface area contributed by atoms with Crippen LogP contribution in [0.5, 0.6) is 5.75 Å². The second kappa shape index (κ2) is 7.21. The summed E-state index contributed by atoms with van der Waals surface area (Å²) in [4.78, 5) is 11.0. The SMILES string of the molecule is C=C(C)C(=O)OCC(O)COc1c(F)c(F)c(F)c(F)c1F. The molecule has 0 aromatic heterocycles. The van der Waals surface area contributed by atoms with E-state index in [4.69, 9.17) is 0 Å². The third kappa shape index (κ3) is 3.94. The van der Waals surface area contributed by atoms with Crippen LogP contribution >= 0.6 is 0 Å². The molecule has 0 aliphatic heterocycles. The Morgan fingerprint density at radius 2 is 1.50 bits per heavy atom. The van der Waals surface area contributed by atoms with Gasteiger partial charge in [-0.25, -0.2) is 18.0 Å². The van der Waals surface area contributed by atoms with Crippen LogP contribution < -0.4 is 4.74 Å². The molecule has 0 spiro atoms. The van der Waals surface area contributed by atoms with E-state index in [9.17, 15) is 31.9 Å². The quantitative estimate of drug-likeness (QED) is 0.286. The van der Waals surface area contributed by atoms with E-state index in [2.05, 4.69) is 16.1 Å². The Labute approximate surface area is 121 Å². The van der Waals surface area contributed by atoms with Gasteiger partial charge in [-0.2, -0.15) is 8.78 Å². The molecule has 0 heterocycles. The van der Waals surface area contributed by atoms with Gasteiger partial charge in [-0.15, -0.1) is 0 Å². The van der Waals surface area contributed by atoms with E-state index in [1.165, 1.54) is 6.92 Å². The summed E-state index contributed by atoms with van der Waals surface area (Å²) in [6.45, 7) is 3.15. The molecule has 1 atom stereocenters. The molecule has 4 nitrogen and oxygen atoms in total. The lowest BCUT2D eigenvalue weighted by atomic mass is 10.2. The highest BCUT2D eigenvalue weighted by Crippen LogP contribution is 2.29. The highest BCUT2D eigenvalue weighted by molar-refractivity contribution is 5.86. The highest BCUT2D eigenvalue weighted by Gasteiger charge is 2.27. The number of hydrogen-bond donors (Lipinski definition) is 1. The van der Waals surface area contributed by atoms with Crippen LogP contribution in [-0.2, 0) is 9.53 Å². The lowest BCUT2D eigenvalue weighted by Gasteiger charge is -2.14. The summed E-state index contributed by atoms with van der Waals surface area (Å²) in [6.07, 6.45) is -1.54. The van der Waals surface area contributed by atoms with E-state index in [-0.39, 0.29) is 5.57 Å². The Hall–Kier alpha value is -2.16. The van der Waals surface area contributed by atoms with Crippen molar-refractivity contribution in [2.45, 2.75) is 13.0 Å². The zero-order valence-corrected chi connectivity index (χ0v) is 11.3. The zero-order chi connectivity index (χ0) is 17.0. The molecular formula is C13H11F5O4. The number of rotatable bonds is 6. The number of aliphatic hydroxyl groups is 1. The number of halogens is 5. The second-order valence-corrected chi connectivity index (χ2v) is 4.24. The van der Waals surface area contributed by atoms with E-state index in [1.54, 1.807) is 0 Å². The van der Waals surface area contributed by atoms with E-state index in [0.29, 0.717) is 0 Å². The van der Waals surface area contributed by atoms with Gasteiger partial charge >= 0.3 is 5.97 Å². The Morgan fingerprint density at radius 1 is 1.05 bits per heavy atom. The summed E-state index contributed by atoms with van der Waals surface area (Å²) >= 11 is 0. The number of benzene rings is 1. The Kier molecular flexibility index (Phi) is 5.86. The summed E-state index contributed by atoms with van der Waals surface area (Å²) < 4.78 is 73.9. The summed E-state index contributed by atoms with van der Waals surface area (Å²) in [5.41, 5.74) is 0.0490. The zero-order valence-electron chi connectivity index (χ0n) is 11.3. The van der Waals surface area contributed by atoms with Gasteiger partial charge in [0.2, 0.25) is 29.1 Å². The molecule has 0 radical (unpaired) electrons. The first-order valence-electron chi connectivity index (χ1n) is 5.81. The number of ether oxygens (including phenoxy) is 2. The highest BCUT2D eigenvalue weighted by atomic mass is 19.2. The van der Waals surface area contributed by atoms with Crippen molar-refractivity contribution < 1.29 is 41.3 Å². The molecule has 9 heteroatoms. The van der Waals surface area contributed by atoms with Gasteiger partial charge in [-0.1, -0.05) is 6.58 Å². The number of hydrogen-bond acceptors (Lipinski definition) is 4. The lowest BCUT2D eigenvalue weighted by Crippen LogP contribution is -2.26. The fourth-order valence-corrected chi connectivity index (χ4v) is 1.23. The average molecular weight is 326 g/mol. The van der Waals surface area contributed by atoms with Crippen LogP contribution in [-0.4, -0.2) is 30.4 Å². The van der Waals surface area contributed by atoms with Gasteiger partial charge in [0.1, 0.15) is 19.3 Å². The van der Waals surface area contributed by atoms with Crippen molar-refractivity contribution in [1.82, 2.24) is 0 Å². The second-order valence-electron chi connectivity index (χ2n) is 4.24. The Balaban J connectivity index is 2.73. The first-order chi connectivity index (χ1) is 10.2. The van der Waals surface area contributed by atoms with Crippen molar-refractivity contribution in [2.24, 2.45) is 0 Å². The molecule has 122 valence electrons. The molecule has 0 aliphatic rings. The van der Waals surface area contributed by atoms with Crippen LogP contribution in [0.4, 0.5) is 22.0 Å². The minimum atomic E-state index is -2.32. The van der Waals surface area contributed by atoms with Gasteiger partial charge in [0.05, 0.1) is 0 Å². The number of carbonyl (C=O) groups excluding carboxylic acids is 1. The first kappa shape index (κ1) is 17.9. The molecule has 0 saturated heterocycles. The molecular weight excluding hydrogens is 315 g/mol. The van der Waals surface area contributed by atoms with Gasteiger partial charge in [0, 0.05) is 5.57 Å². The van der Waals surface area contributed by atoms with Crippen LogP contribution in [0.2, 0.25) is 0 Å². The van der Waals surface area contributed by atoms with Crippen molar-refractivity contribution in [3.05, 3.63) is 41.2 Å². The van der Waals surface area contributed by atoms with Gasteiger partial charge < -0.3 is 14.6 Å². The van der Waals surface area contributed by atoms with E-state index in [1.807, 2.05) is 0 Å². The Bertz CT molecular complexity index is 574. The molecule has 1 aromatic rings. The van der Waals surface area contributed by atoms with Crippen molar-refractivity contribution in [1.29, 1.82) is 0 Å². The van der Waals surface area contributed by atoms with Gasteiger partial charge in [-0.3, -0.25) is 0 Å². The van der Waals surface area contributed by atoms with Crippen molar-refractivity contribution in [3.63, 3.8) is 0 Å². The molecule has 1 rings (SSSR count). The van der Waals surface area contributed by atoms with Crippen LogP contribution in [0.15, 0.2) is 12.2 Å².